The van der Waals surface area contributed by atoms with E-state index in [1.807, 2.05) is 12.3 Å². The molecule has 1 nitrogen and oxygen atoms in total. The van der Waals surface area contributed by atoms with Gasteiger partial charge in [0.05, 0.1) is 5.70 Å². The molecule has 0 saturated heterocycles. The maximum Gasteiger partial charge on any atom is 0.0555 e. The fraction of sp³-hybridized carbons (Fsp3) is 0.462. The zero-order chi connectivity index (χ0) is 10.6. The van der Waals surface area contributed by atoms with E-state index >= 15 is 0 Å². The molecule has 0 aliphatic carbocycles. The Kier molecular flexibility index (Phi) is 3.45. The lowest BCUT2D eigenvalue weighted by Crippen LogP contribution is -2.16. The second-order valence-corrected chi connectivity index (χ2v) is 3.99. The highest BCUT2D eigenvalue weighted by Crippen LogP contribution is 2.34. The van der Waals surface area contributed by atoms with E-state index in [1.54, 1.807) is 0 Å². The summed E-state index contributed by atoms with van der Waals surface area (Å²) < 4.78 is 0. The first-order valence-corrected chi connectivity index (χ1v) is 5.21. The Morgan fingerprint density at radius 3 is 2.86 bits per heavy atom. The van der Waals surface area contributed by atoms with Crippen LogP contribution < -0.4 is 0 Å². The fourth-order valence-corrected chi connectivity index (χ4v) is 1.87. The lowest BCUT2D eigenvalue weighted by Gasteiger charge is -2.25. The first-order valence-electron chi connectivity index (χ1n) is 5.21. The molecule has 0 saturated carbocycles. The Hall–Kier alpha value is -1.11. The Bertz CT molecular complexity index is 307. The highest BCUT2D eigenvalue weighted by atomic mass is 14.7. The van der Waals surface area contributed by atoms with Crippen LogP contribution in [0.15, 0.2) is 41.1 Å². The number of hydrogen-bond donors (Lipinski definition) is 0. The van der Waals surface area contributed by atoms with Crippen molar-refractivity contribution in [2.45, 2.75) is 33.6 Å². The number of allylic oxidation sites excluding steroid dienone is 4. The second kappa shape index (κ2) is 4.41. The van der Waals surface area contributed by atoms with Gasteiger partial charge >= 0.3 is 0 Å². The first kappa shape index (κ1) is 11.0. The highest BCUT2D eigenvalue weighted by Gasteiger charge is 2.24. The molecule has 0 N–H and O–H groups in total. The van der Waals surface area contributed by atoms with Crippen molar-refractivity contribution in [2.24, 2.45) is 10.4 Å². The molecular formula is C13H19N. The van der Waals surface area contributed by atoms with E-state index in [0.717, 1.165) is 12.1 Å². The van der Waals surface area contributed by atoms with Crippen molar-refractivity contribution in [3.63, 3.8) is 0 Å². The van der Waals surface area contributed by atoms with Gasteiger partial charge < -0.3 is 0 Å². The molecule has 1 unspecified atom stereocenters. The first-order chi connectivity index (χ1) is 6.62. The predicted molar refractivity (Wildman–Crippen MR) is 63.5 cm³/mol. The summed E-state index contributed by atoms with van der Waals surface area (Å²) in [6, 6.07) is 0. The van der Waals surface area contributed by atoms with Crippen LogP contribution in [-0.4, -0.2) is 6.21 Å². The van der Waals surface area contributed by atoms with Crippen LogP contribution in [0.5, 0.6) is 0 Å². The van der Waals surface area contributed by atoms with Crippen LogP contribution in [0, 0.1) is 5.41 Å². The van der Waals surface area contributed by atoms with Gasteiger partial charge in [0.25, 0.3) is 0 Å². The molecule has 0 radical (unpaired) electrons. The van der Waals surface area contributed by atoms with E-state index in [4.69, 9.17) is 0 Å². The molecule has 0 spiro atoms. The molecule has 76 valence electrons. The van der Waals surface area contributed by atoms with Gasteiger partial charge in [-0.25, -0.2) is 0 Å². The van der Waals surface area contributed by atoms with Gasteiger partial charge in [-0.15, -0.1) is 0 Å². The summed E-state index contributed by atoms with van der Waals surface area (Å²) >= 11 is 0. The van der Waals surface area contributed by atoms with Crippen molar-refractivity contribution in [3.8, 4) is 0 Å². The van der Waals surface area contributed by atoms with Gasteiger partial charge in [-0.1, -0.05) is 39.0 Å². The van der Waals surface area contributed by atoms with Crippen molar-refractivity contribution in [3.05, 3.63) is 36.1 Å². The Balaban J connectivity index is 3.08. The second-order valence-electron chi connectivity index (χ2n) is 3.99. The third kappa shape index (κ3) is 2.22. The van der Waals surface area contributed by atoms with Gasteiger partial charge in [0, 0.05) is 11.6 Å². The molecule has 1 atom stereocenters. The van der Waals surface area contributed by atoms with E-state index in [0.29, 0.717) is 0 Å². The number of aliphatic imine (C=N–C) groups is 1. The third-order valence-electron chi connectivity index (χ3n) is 2.75. The summed E-state index contributed by atoms with van der Waals surface area (Å²) in [5.74, 6) is 0. The topological polar surface area (TPSA) is 12.4 Å². The van der Waals surface area contributed by atoms with Gasteiger partial charge in [-0.05, 0) is 25.0 Å². The van der Waals surface area contributed by atoms with Crippen LogP contribution in [0.3, 0.4) is 0 Å². The molecule has 0 bridgehead atoms. The van der Waals surface area contributed by atoms with Crippen LogP contribution in [0.2, 0.25) is 0 Å². The van der Waals surface area contributed by atoms with Gasteiger partial charge in [0.2, 0.25) is 0 Å². The summed E-state index contributed by atoms with van der Waals surface area (Å²) in [6.07, 6.45) is 10.7. The predicted octanol–water partition coefficient (Wildman–Crippen LogP) is 3.89. The molecule has 14 heavy (non-hydrogen) atoms. The van der Waals surface area contributed by atoms with Gasteiger partial charge in [-0.3, -0.25) is 4.99 Å². The van der Waals surface area contributed by atoms with E-state index in [9.17, 15) is 0 Å². The SMILES string of the molecule is C=C1C=CC(C)(CCC)/C(=C\C)C=N1. The minimum Gasteiger partial charge on any atom is -0.257 e. The Morgan fingerprint density at radius 1 is 1.57 bits per heavy atom. The molecule has 1 heteroatoms. The van der Waals surface area contributed by atoms with Crippen molar-refractivity contribution in [2.75, 3.05) is 0 Å². The number of rotatable bonds is 2. The van der Waals surface area contributed by atoms with E-state index in [2.05, 4.69) is 44.5 Å². The maximum absolute atomic E-state index is 4.28. The van der Waals surface area contributed by atoms with Crippen molar-refractivity contribution in [1.82, 2.24) is 0 Å². The number of nitrogens with zero attached hydrogens (tertiary/aromatic N) is 1. The molecule has 0 fully saturated rings. The normalized spacial score (nSPS) is 29.6. The quantitative estimate of drug-likeness (QED) is 0.625. The minimum atomic E-state index is 0.131. The highest BCUT2D eigenvalue weighted by molar-refractivity contribution is 5.82. The zero-order valence-corrected chi connectivity index (χ0v) is 9.38. The molecule has 0 amide bonds. The summed E-state index contributed by atoms with van der Waals surface area (Å²) in [5, 5.41) is 0. The van der Waals surface area contributed by atoms with Crippen LogP contribution in [0.1, 0.15) is 33.6 Å². The Morgan fingerprint density at radius 2 is 2.29 bits per heavy atom. The standard InChI is InChI=1S/C13H19N/c1-5-8-13(4)9-7-11(3)14-10-12(13)6-2/h6-7,9-10H,3,5,8H2,1-2,4H3/b12-6-. The third-order valence-corrected chi connectivity index (χ3v) is 2.75. The molecule has 1 heterocycles. The van der Waals surface area contributed by atoms with Crippen LogP contribution in [0.25, 0.3) is 0 Å². The lowest BCUT2D eigenvalue weighted by atomic mass is 9.78. The van der Waals surface area contributed by atoms with Crippen LogP contribution >= 0.6 is 0 Å². The van der Waals surface area contributed by atoms with Gasteiger partial charge in [-0.2, -0.15) is 0 Å². The molecule has 1 rings (SSSR count). The minimum absolute atomic E-state index is 0.131. The smallest absolute Gasteiger partial charge is 0.0555 e. The van der Waals surface area contributed by atoms with E-state index in [1.165, 1.54) is 12.0 Å². The molecule has 1 aliphatic heterocycles. The monoisotopic (exact) mass is 189 g/mol. The van der Waals surface area contributed by atoms with Crippen LogP contribution in [0.4, 0.5) is 0 Å². The summed E-state index contributed by atoms with van der Waals surface area (Å²) in [6.45, 7) is 10.4. The Labute approximate surface area is 86.9 Å². The largest absolute Gasteiger partial charge is 0.257 e. The molecular weight excluding hydrogens is 170 g/mol. The zero-order valence-electron chi connectivity index (χ0n) is 9.38. The van der Waals surface area contributed by atoms with Gasteiger partial charge in [0.15, 0.2) is 0 Å². The van der Waals surface area contributed by atoms with Crippen molar-refractivity contribution >= 4 is 6.21 Å². The molecule has 0 aromatic rings. The molecule has 0 aromatic carbocycles. The van der Waals surface area contributed by atoms with Crippen LogP contribution in [-0.2, 0) is 0 Å². The van der Waals surface area contributed by atoms with E-state index < -0.39 is 0 Å². The summed E-state index contributed by atoms with van der Waals surface area (Å²) in [4.78, 5) is 4.28. The average molecular weight is 189 g/mol. The van der Waals surface area contributed by atoms with Crippen molar-refractivity contribution in [1.29, 1.82) is 0 Å². The summed E-state index contributed by atoms with van der Waals surface area (Å²) in [7, 11) is 0. The number of hydrogen-bond acceptors (Lipinski definition) is 1. The van der Waals surface area contributed by atoms with E-state index in [-0.39, 0.29) is 5.41 Å². The fourth-order valence-electron chi connectivity index (χ4n) is 1.87. The van der Waals surface area contributed by atoms with Crippen molar-refractivity contribution < 1.29 is 0 Å². The maximum atomic E-state index is 4.28. The molecule has 1 aliphatic rings. The summed E-state index contributed by atoms with van der Waals surface area (Å²) in [5.41, 5.74) is 2.25. The lowest BCUT2D eigenvalue weighted by molar-refractivity contribution is 0.479. The average Bonchev–Trinajstić information content (AvgIpc) is 2.28. The van der Waals surface area contributed by atoms with Gasteiger partial charge in [0.1, 0.15) is 0 Å². The molecule has 0 aromatic heterocycles.